The lowest BCUT2D eigenvalue weighted by Gasteiger charge is -2.13. The van der Waals surface area contributed by atoms with E-state index in [0.717, 1.165) is 12.1 Å². The predicted molar refractivity (Wildman–Crippen MR) is 90.0 cm³/mol. The Morgan fingerprint density at radius 3 is 2.32 bits per heavy atom. The van der Waals surface area contributed by atoms with Crippen molar-refractivity contribution in [2.75, 3.05) is 0 Å². The second kappa shape index (κ2) is 6.55. The van der Waals surface area contributed by atoms with Crippen LogP contribution >= 0.6 is 0 Å². The smallest absolute Gasteiger partial charge is 0.299 e. The molecule has 0 unspecified atom stereocenters. The van der Waals surface area contributed by atoms with Gasteiger partial charge in [-0.05, 0) is 24.6 Å². The van der Waals surface area contributed by atoms with Crippen LogP contribution in [-0.4, -0.2) is 9.55 Å². The van der Waals surface area contributed by atoms with E-state index in [0.29, 0.717) is 28.9 Å². The minimum absolute atomic E-state index is 0.364. The van der Waals surface area contributed by atoms with E-state index in [1.54, 1.807) is 43.5 Å². The van der Waals surface area contributed by atoms with Gasteiger partial charge in [0.25, 0.3) is 0 Å². The minimum Gasteiger partial charge on any atom is -0.299 e. The number of alkyl halides is 3. The molecule has 0 amide bonds. The molecule has 0 aliphatic rings. The third-order valence-electron chi connectivity index (χ3n) is 3.88. The molecule has 0 bridgehead atoms. The molecule has 0 saturated heterocycles. The highest BCUT2D eigenvalue weighted by Crippen LogP contribution is 2.34. The van der Waals surface area contributed by atoms with Crippen molar-refractivity contribution in [3.8, 4) is 22.4 Å². The van der Waals surface area contributed by atoms with Gasteiger partial charge in [0.05, 0.1) is 11.3 Å². The van der Waals surface area contributed by atoms with Crippen molar-refractivity contribution < 1.29 is 13.2 Å². The fraction of sp³-hybridized carbons (Fsp3) is 0.158. The van der Waals surface area contributed by atoms with Gasteiger partial charge >= 0.3 is 11.9 Å². The van der Waals surface area contributed by atoms with Crippen LogP contribution < -0.4 is 5.69 Å². The van der Waals surface area contributed by atoms with Crippen LogP contribution in [-0.2, 0) is 12.7 Å². The molecular weight excluding hydrogens is 329 g/mol. The molecule has 0 N–H and O–H groups in total. The highest BCUT2D eigenvalue weighted by atomic mass is 19.4. The molecule has 0 spiro atoms. The van der Waals surface area contributed by atoms with Gasteiger partial charge in [0, 0.05) is 23.9 Å². The summed E-state index contributed by atoms with van der Waals surface area (Å²) in [6, 6.07) is 14.0. The second-order valence-electron chi connectivity index (χ2n) is 5.52. The normalized spacial score (nSPS) is 11.5. The number of aromatic nitrogens is 2. The van der Waals surface area contributed by atoms with Crippen LogP contribution in [0.2, 0.25) is 0 Å². The first-order valence-corrected chi connectivity index (χ1v) is 7.74. The van der Waals surface area contributed by atoms with E-state index < -0.39 is 17.4 Å². The lowest BCUT2D eigenvalue weighted by atomic mass is 9.99. The SMILES string of the molecule is CCn1cc(-c2cccc(C(F)(F)F)c2)c(-c2ccccc2)nc1=O. The summed E-state index contributed by atoms with van der Waals surface area (Å²) in [4.78, 5) is 16.2. The van der Waals surface area contributed by atoms with Gasteiger partial charge in [0.2, 0.25) is 0 Å². The highest BCUT2D eigenvalue weighted by Gasteiger charge is 2.30. The van der Waals surface area contributed by atoms with Crippen LogP contribution in [0.15, 0.2) is 65.6 Å². The summed E-state index contributed by atoms with van der Waals surface area (Å²) < 4.78 is 40.5. The molecule has 3 nitrogen and oxygen atoms in total. The summed E-state index contributed by atoms with van der Waals surface area (Å²) in [6.45, 7) is 2.16. The third kappa shape index (κ3) is 3.47. The first kappa shape index (κ1) is 17.0. The molecule has 3 aromatic rings. The van der Waals surface area contributed by atoms with Crippen molar-refractivity contribution in [1.82, 2.24) is 9.55 Å². The van der Waals surface area contributed by atoms with Crippen molar-refractivity contribution in [2.24, 2.45) is 0 Å². The van der Waals surface area contributed by atoms with Gasteiger partial charge in [0.1, 0.15) is 0 Å². The minimum atomic E-state index is -4.43. The quantitative estimate of drug-likeness (QED) is 0.695. The van der Waals surface area contributed by atoms with E-state index >= 15 is 0 Å². The van der Waals surface area contributed by atoms with Crippen molar-refractivity contribution in [1.29, 1.82) is 0 Å². The van der Waals surface area contributed by atoms with Crippen LogP contribution in [0.25, 0.3) is 22.4 Å². The maximum atomic E-state index is 13.0. The average Bonchev–Trinajstić information content (AvgIpc) is 2.61. The first-order valence-electron chi connectivity index (χ1n) is 7.74. The lowest BCUT2D eigenvalue weighted by molar-refractivity contribution is -0.137. The number of halogens is 3. The van der Waals surface area contributed by atoms with E-state index in [1.807, 2.05) is 6.07 Å². The fourth-order valence-electron chi connectivity index (χ4n) is 2.61. The maximum Gasteiger partial charge on any atom is 0.416 e. The second-order valence-corrected chi connectivity index (χ2v) is 5.52. The first-order chi connectivity index (χ1) is 11.9. The Morgan fingerprint density at radius 1 is 1.00 bits per heavy atom. The standard InChI is InChI=1S/C19H15F3N2O/c1-2-24-12-16(14-9-6-10-15(11-14)19(20,21)22)17(23-18(24)25)13-7-4-3-5-8-13/h3-12H,2H2,1H3. The van der Waals surface area contributed by atoms with Crippen molar-refractivity contribution in [2.45, 2.75) is 19.6 Å². The van der Waals surface area contributed by atoms with Crippen molar-refractivity contribution >= 4 is 0 Å². The summed E-state index contributed by atoms with van der Waals surface area (Å²) in [5.74, 6) is 0. The van der Waals surface area contributed by atoms with Gasteiger partial charge in [-0.1, -0.05) is 42.5 Å². The van der Waals surface area contributed by atoms with E-state index in [9.17, 15) is 18.0 Å². The molecule has 0 atom stereocenters. The van der Waals surface area contributed by atoms with Gasteiger partial charge in [-0.15, -0.1) is 0 Å². The van der Waals surface area contributed by atoms with Gasteiger partial charge in [-0.2, -0.15) is 18.2 Å². The zero-order valence-electron chi connectivity index (χ0n) is 13.4. The molecule has 0 saturated carbocycles. The van der Waals surface area contributed by atoms with Crippen molar-refractivity contribution in [3.05, 3.63) is 76.8 Å². The fourth-order valence-corrected chi connectivity index (χ4v) is 2.61. The third-order valence-corrected chi connectivity index (χ3v) is 3.88. The highest BCUT2D eigenvalue weighted by molar-refractivity contribution is 5.80. The molecule has 0 fully saturated rings. The summed E-state index contributed by atoms with van der Waals surface area (Å²) in [6.07, 6.45) is -2.87. The number of aryl methyl sites for hydroxylation is 1. The van der Waals surface area contributed by atoms with Crippen LogP contribution in [0, 0.1) is 0 Å². The van der Waals surface area contributed by atoms with E-state index in [-0.39, 0.29) is 0 Å². The van der Waals surface area contributed by atoms with Crippen molar-refractivity contribution in [3.63, 3.8) is 0 Å². The Morgan fingerprint density at radius 2 is 1.68 bits per heavy atom. The number of benzene rings is 2. The summed E-state index contributed by atoms with van der Waals surface area (Å²) in [5.41, 5.74) is 0.724. The van der Waals surface area contributed by atoms with Crippen LogP contribution in [0.5, 0.6) is 0 Å². The summed E-state index contributed by atoms with van der Waals surface area (Å²) in [5, 5.41) is 0. The number of nitrogens with zero attached hydrogens (tertiary/aromatic N) is 2. The Labute approximate surface area is 142 Å². The predicted octanol–water partition coefficient (Wildman–Crippen LogP) is 4.62. The Bertz CT molecular complexity index is 947. The summed E-state index contributed by atoms with van der Waals surface area (Å²) >= 11 is 0. The zero-order chi connectivity index (χ0) is 18.0. The van der Waals surface area contributed by atoms with Crippen LogP contribution in [0.3, 0.4) is 0 Å². The van der Waals surface area contributed by atoms with Crippen LogP contribution in [0.4, 0.5) is 13.2 Å². The Hall–Kier alpha value is -2.89. The molecule has 128 valence electrons. The average molecular weight is 344 g/mol. The van der Waals surface area contributed by atoms with Gasteiger partial charge in [-0.25, -0.2) is 4.79 Å². The monoisotopic (exact) mass is 344 g/mol. The Balaban J connectivity index is 2.26. The lowest BCUT2D eigenvalue weighted by Crippen LogP contribution is -2.22. The largest absolute Gasteiger partial charge is 0.416 e. The van der Waals surface area contributed by atoms with Gasteiger partial charge in [0.15, 0.2) is 0 Å². The summed E-state index contributed by atoms with van der Waals surface area (Å²) in [7, 11) is 0. The molecule has 0 aliphatic heterocycles. The van der Waals surface area contributed by atoms with E-state index in [2.05, 4.69) is 4.98 Å². The number of hydrogen-bond acceptors (Lipinski definition) is 2. The molecule has 0 radical (unpaired) electrons. The van der Waals surface area contributed by atoms with Gasteiger partial charge < -0.3 is 0 Å². The molecule has 3 rings (SSSR count). The Kier molecular flexibility index (Phi) is 4.44. The maximum absolute atomic E-state index is 13.0. The van der Waals surface area contributed by atoms with E-state index in [1.165, 1.54) is 10.6 Å². The molecular formula is C19H15F3N2O. The molecule has 0 aliphatic carbocycles. The number of rotatable bonds is 3. The zero-order valence-corrected chi connectivity index (χ0v) is 13.4. The molecule has 2 aromatic carbocycles. The topological polar surface area (TPSA) is 34.9 Å². The van der Waals surface area contributed by atoms with E-state index in [4.69, 9.17) is 0 Å². The molecule has 25 heavy (non-hydrogen) atoms. The molecule has 1 aromatic heterocycles. The van der Waals surface area contributed by atoms with Gasteiger partial charge in [-0.3, -0.25) is 4.57 Å². The van der Waals surface area contributed by atoms with Crippen LogP contribution in [0.1, 0.15) is 12.5 Å². The molecule has 1 heterocycles. The molecule has 6 heteroatoms. The number of hydrogen-bond donors (Lipinski definition) is 0.